The average Bonchev–Trinajstić information content (AvgIpc) is 2.96. The molecule has 0 radical (unpaired) electrons. The Morgan fingerprint density at radius 2 is 2.12 bits per heavy atom. The van der Waals surface area contributed by atoms with Crippen LogP contribution in [0.1, 0.15) is 18.9 Å². The zero-order valence-electron chi connectivity index (χ0n) is 13.2. The molecule has 2 aromatic carbocycles. The van der Waals surface area contributed by atoms with Gasteiger partial charge in [0.05, 0.1) is 0 Å². The molecule has 0 fully saturated rings. The normalized spacial score (nSPS) is 14.1. The van der Waals surface area contributed by atoms with E-state index in [0.29, 0.717) is 30.1 Å². The number of halogens is 1. The Labute approximate surface area is 138 Å². The first-order valence-electron chi connectivity index (χ1n) is 7.90. The second-order valence-corrected chi connectivity index (χ2v) is 5.74. The van der Waals surface area contributed by atoms with Crippen molar-refractivity contribution in [3.8, 4) is 0 Å². The molecule has 0 bridgehead atoms. The molecule has 1 amide bonds. The number of oxazole rings is 1. The van der Waals surface area contributed by atoms with Crippen LogP contribution in [0.25, 0.3) is 11.1 Å². The molecule has 2 heterocycles. The third-order valence-corrected chi connectivity index (χ3v) is 4.20. The van der Waals surface area contributed by atoms with Crippen LogP contribution in [0.15, 0.2) is 40.8 Å². The maximum absolute atomic E-state index is 13.2. The average molecular weight is 325 g/mol. The smallest absolute Gasteiger partial charge is 0.300 e. The second kappa shape index (κ2) is 5.63. The zero-order chi connectivity index (χ0) is 16.7. The molecule has 0 spiro atoms. The third-order valence-electron chi connectivity index (χ3n) is 4.20. The van der Waals surface area contributed by atoms with Gasteiger partial charge in [0.1, 0.15) is 11.3 Å². The van der Waals surface area contributed by atoms with Gasteiger partial charge in [0.2, 0.25) is 5.91 Å². The Balaban J connectivity index is 1.64. The molecule has 1 N–H and O–H groups in total. The molecule has 4 rings (SSSR count). The minimum Gasteiger partial charge on any atom is -0.423 e. The number of aryl methyl sites for hydroxylation is 1. The van der Waals surface area contributed by atoms with Crippen LogP contribution in [-0.4, -0.2) is 17.4 Å². The summed E-state index contributed by atoms with van der Waals surface area (Å²) in [6, 6.07) is 10.4. The Morgan fingerprint density at radius 3 is 2.96 bits per heavy atom. The van der Waals surface area contributed by atoms with Gasteiger partial charge in [0.15, 0.2) is 5.58 Å². The lowest BCUT2D eigenvalue weighted by atomic mass is 10.0. The highest BCUT2D eigenvalue weighted by Crippen LogP contribution is 2.31. The lowest BCUT2D eigenvalue weighted by Gasteiger charge is -2.28. The molecular formula is C18H16FN3O2. The number of amides is 1. The van der Waals surface area contributed by atoms with E-state index >= 15 is 0 Å². The molecule has 0 saturated heterocycles. The first kappa shape index (κ1) is 14.7. The Morgan fingerprint density at radius 1 is 1.25 bits per heavy atom. The van der Waals surface area contributed by atoms with E-state index < -0.39 is 0 Å². The van der Waals surface area contributed by atoms with Crippen molar-refractivity contribution < 1.29 is 13.6 Å². The summed E-state index contributed by atoms with van der Waals surface area (Å²) in [7, 11) is 0. The van der Waals surface area contributed by atoms with Crippen LogP contribution >= 0.6 is 0 Å². The van der Waals surface area contributed by atoms with Gasteiger partial charge >= 0.3 is 0 Å². The number of nitrogens with one attached hydrogen (secondary N) is 1. The lowest BCUT2D eigenvalue weighted by Crippen LogP contribution is -2.34. The molecule has 5 nitrogen and oxygen atoms in total. The molecule has 0 unspecified atom stereocenters. The highest BCUT2D eigenvalue weighted by Gasteiger charge is 2.22. The van der Waals surface area contributed by atoms with Crippen LogP contribution in [0.5, 0.6) is 0 Å². The monoisotopic (exact) mass is 325 g/mol. The SMILES string of the molecule is CCN1C(=O)CCc2cc(Nc3nc4cc(F)ccc4o3)ccc21. The lowest BCUT2D eigenvalue weighted by molar-refractivity contribution is -0.118. The summed E-state index contributed by atoms with van der Waals surface area (Å²) in [5.74, 6) is -0.188. The van der Waals surface area contributed by atoms with Gasteiger partial charge in [-0.05, 0) is 49.2 Å². The first-order valence-corrected chi connectivity index (χ1v) is 7.90. The van der Waals surface area contributed by atoms with Gasteiger partial charge in [-0.3, -0.25) is 4.79 Å². The Bertz CT molecular complexity index is 935. The van der Waals surface area contributed by atoms with E-state index in [-0.39, 0.29) is 11.7 Å². The van der Waals surface area contributed by atoms with Crippen molar-refractivity contribution in [1.82, 2.24) is 4.98 Å². The molecule has 0 aliphatic carbocycles. The second-order valence-electron chi connectivity index (χ2n) is 5.74. The van der Waals surface area contributed by atoms with Gasteiger partial charge < -0.3 is 14.6 Å². The van der Waals surface area contributed by atoms with Gasteiger partial charge in [-0.25, -0.2) is 4.39 Å². The summed E-state index contributed by atoms with van der Waals surface area (Å²) in [4.78, 5) is 18.0. The highest BCUT2D eigenvalue weighted by atomic mass is 19.1. The molecule has 1 aromatic heterocycles. The third kappa shape index (κ3) is 2.50. The summed E-state index contributed by atoms with van der Waals surface area (Å²) in [5.41, 5.74) is 3.89. The standard InChI is InChI=1S/C18H16FN3O2/c1-2-22-15-6-5-13(9-11(15)3-8-17(22)23)20-18-21-14-10-12(19)4-7-16(14)24-18/h4-7,9-10H,2-3,8H2,1H3,(H,20,21). The van der Waals surface area contributed by atoms with Crippen LogP contribution < -0.4 is 10.2 Å². The van der Waals surface area contributed by atoms with Crippen LogP contribution in [-0.2, 0) is 11.2 Å². The van der Waals surface area contributed by atoms with E-state index in [9.17, 15) is 9.18 Å². The van der Waals surface area contributed by atoms with Crippen molar-refractivity contribution in [2.75, 3.05) is 16.8 Å². The van der Waals surface area contributed by atoms with E-state index in [1.165, 1.54) is 12.1 Å². The van der Waals surface area contributed by atoms with Crippen molar-refractivity contribution in [1.29, 1.82) is 0 Å². The fourth-order valence-electron chi connectivity index (χ4n) is 3.06. The van der Waals surface area contributed by atoms with Gasteiger partial charge in [-0.2, -0.15) is 4.98 Å². The minimum absolute atomic E-state index is 0.159. The summed E-state index contributed by atoms with van der Waals surface area (Å²) in [6.45, 7) is 2.63. The van der Waals surface area contributed by atoms with E-state index in [2.05, 4.69) is 10.3 Å². The number of fused-ring (bicyclic) bond motifs is 2. The fraction of sp³-hybridized carbons (Fsp3) is 0.222. The van der Waals surface area contributed by atoms with Gasteiger partial charge in [-0.15, -0.1) is 0 Å². The van der Waals surface area contributed by atoms with Gasteiger partial charge in [0.25, 0.3) is 6.01 Å². The molecule has 0 atom stereocenters. The van der Waals surface area contributed by atoms with E-state index in [1.807, 2.05) is 25.1 Å². The first-order chi connectivity index (χ1) is 11.6. The molecular weight excluding hydrogens is 309 g/mol. The summed E-state index contributed by atoms with van der Waals surface area (Å²) < 4.78 is 18.8. The number of benzene rings is 2. The summed E-state index contributed by atoms with van der Waals surface area (Å²) in [6.07, 6.45) is 1.24. The van der Waals surface area contributed by atoms with E-state index in [0.717, 1.165) is 23.4 Å². The van der Waals surface area contributed by atoms with Crippen molar-refractivity contribution in [3.05, 3.63) is 47.8 Å². The zero-order valence-corrected chi connectivity index (χ0v) is 13.2. The Kier molecular flexibility index (Phi) is 3.45. The fourth-order valence-corrected chi connectivity index (χ4v) is 3.06. The number of rotatable bonds is 3. The number of hydrogen-bond acceptors (Lipinski definition) is 4. The maximum atomic E-state index is 13.2. The number of carbonyl (C=O) groups excluding carboxylic acids is 1. The molecule has 122 valence electrons. The molecule has 6 heteroatoms. The molecule has 1 aliphatic rings. The molecule has 3 aromatic rings. The number of hydrogen-bond donors (Lipinski definition) is 1. The van der Waals surface area contributed by atoms with Crippen molar-refractivity contribution in [2.45, 2.75) is 19.8 Å². The number of aromatic nitrogens is 1. The molecule has 0 saturated carbocycles. The number of carbonyl (C=O) groups is 1. The van der Waals surface area contributed by atoms with Crippen LogP contribution in [0.2, 0.25) is 0 Å². The van der Waals surface area contributed by atoms with Gasteiger partial charge in [0, 0.05) is 30.4 Å². The van der Waals surface area contributed by atoms with Crippen molar-refractivity contribution in [2.24, 2.45) is 0 Å². The van der Waals surface area contributed by atoms with E-state index in [1.54, 1.807) is 11.0 Å². The van der Waals surface area contributed by atoms with Crippen LogP contribution in [0.3, 0.4) is 0 Å². The van der Waals surface area contributed by atoms with E-state index in [4.69, 9.17) is 4.42 Å². The Hall–Kier alpha value is -2.89. The largest absolute Gasteiger partial charge is 0.423 e. The van der Waals surface area contributed by atoms with Crippen LogP contribution in [0, 0.1) is 5.82 Å². The quantitative estimate of drug-likeness (QED) is 0.790. The summed E-state index contributed by atoms with van der Waals surface area (Å²) in [5, 5.41) is 3.10. The summed E-state index contributed by atoms with van der Waals surface area (Å²) >= 11 is 0. The maximum Gasteiger partial charge on any atom is 0.300 e. The predicted octanol–water partition coefficient (Wildman–Crippen LogP) is 4.01. The van der Waals surface area contributed by atoms with Crippen molar-refractivity contribution >= 4 is 34.4 Å². The van der Waals surface area contributed by atoms with Gasteiger partial charge in [-0.1, -0.05) is 0 Å². The topological polar surface area (TPSA) is 58.4 Å². The number of nitrogens with zero attached hydrogens (tertiary/aromatic N) is 2. The number of anilines is 3. The minimum atomic E-state index is -0.347. The highest BCUT2D eigenvalue weighted by molar-refractivity contribution is 5.96. The molecule has 1 aliphatic heterocycles. The predicted molar refractivity (Wildman–Crippen MR) is 90.0 cm³/mol. The molecule has 24 heavy (non-hydrogen) atoms. The van der Waals surface area contributed by atoms with Crippen LogP contribution in [0.4, 0.5) is 21.8 Å². The van der Waals surface area contributed by atoms with Crippen molar-refractivity contribution in [3.63, 3.8) is 0 Å².